The summed E-state index contributed by atoms with van der Waals surface area (Å²) < 4.78 is 17.3. The average molecular weight is 339 g/mol. The number of anilines is 1. The topological polar surface area (TPSA) is 106 Å². The molecule has 4 N–H and O–H groups in total. The maximum absolute atomic E-state index is 10.7. The van der Waals surface area contributed by atoms with Gasteiger partial charge in [-0.1, -0.05) is 27.3 Å². The Kier molecular flexibility index (Phi) is 3.42. The lowest BCUT2D eigenvalue weighted by atomic mass is 10.3. The van der Waals surface area contributed by atoms with E-state index in [2.05, 4.69) is 20.9 Å². The molecular weight excluding hydrogens is 331 g/mol. The molecule has 1 heterocycles. The molecule has 1 aromatic heterocycles. The van der Waals surface area contributed by atoms with E-state index in [0.29, 0.717) is 16.4 Å². The van der Waals surface area contributed by atoms with Gasteiger partial charge in [-0.15, -0.1) is 0 Å². The summed E-state index contributed by atoms with van der Waals surface area (Å²) in [4.78, 5) is 21.6. The molecule has 92 valence electrons. The fourth-order valence-corrected chi connectivity index (χ4v) is 2.93. The van der Waals surface area contributed by atoms with Crippen LogP contribution in [-0.2, 0) is 4.57 Å². The summed E-state index contributed by atoms with van der Waals surface area (Å²) in [5, 5.41) is 0.374. The van der Waals surface area contributed by atoms with Crippen molar-refractivity contribution >= 4 is 50.2 Å². The highest BCUT2D eigenvalue weighted by Gasteiger charge is 2.16. The second kappa shape index (κ2) is 4.55. The predicted molar refractivity (Wildman–Crippen MR) is 69.3 cm³/mol. The number of halogens is 1. The van der Waals surface area contributed by atoms with E-state index in [0.717, 1.165) is 9.17 Å². The molecule has 0 bridgehead atoms. The minimum absolute atomic E-state index is 0.297. The molecule has 6 nitrogen and oxygen atoms in total. The van der Waals surface area contributed by atoms with E-state index in [1.165, 1.54) is 11.3 Å². The van der Waals surface area contributed by atoms with Crippen LogP contribution >= 0.6 is 34.9 Å². The summed E-state index contributed by atoms with van der Waals surface area (Å²) in [6, 6.07) is 3.41. The smallest absolute Gasteiger partial charge is 0.362 e. The molecule has 0 unspecified atom stereocenters. The van der Waals surface area contributed by atoms with Crippen molar-refractivity contribution in [3.8, 4) is 5.75 Å². The second-order valence-corrected chi connectivity index (χ2v) is 6.81. The second-order valence-electron chi connectivity index (χ2n) is 3.24. The van der Waals surface area contributed by atoms with Crippen molar-refractivity contribution in [3.05, 3.63) is 16.6 Å². The highest BCUT2D eigenvalue weighted by atomic mass is 79.9. The van der Waals surface area contributed by atoms with E-state index in [1.54, 1.807) is 6.07 Å². The minimum atomic E-state index is -4.21. The maximum atomic E-state index is 10.7. The van der Waals surface area contributed by atoms with Crippen LogP contribution in [0.4, 0.5) is 5.13 Å². The van der Waals surface area contributed by atoms with Gasteiger partial charge < -0.3 is 20.3 Å². The van der Waals surface area contributed by atoms with Crippen molar-refractivity contribution in [2.45, 2.75) is 0 Å². The Morgan fingerprint density at radius 1 is 1.53 bits per heavy atom. The summed E-state index contributed by atoms with van der Waals surface area (Å²) in [7, 11) is -4.21. The van der Waals surface area contributed by atoms with Gasteiger partial charge in [-0.05, 0) is 12.1 Å². The molecule has 0 saturated carbocycles. The van der Waals surface area contributed by atoms with Gasteiger partial charge in [0, 0.05) is 4.47 Å². The van der Waals surface area contributed by atoms with Crippen LogP contribution in [0.3, 0.4) is 0 Å². The molecule has 0 aliphatic carbocycles. The molecule has 0 amide bonds. The number of benzene rings is 1. The number of nitrogen functional groups attached to an aromatic ring is 1. The number of nitrogens with two attached hydrogens (primary N) is 1. The highest BCUT2D eigenvalue weighted by Crippen LogP contribution is 2.38. The largest absolute Gasteiger partial charge is 0.479 e. The van der Waals surface area contributed by atoms with Crippen molar-refractivity contribution in [2.24, 2.45) is 0 Å². The normalized spacial score (nSPS) is 11.9. The standard InChI is InChI=1S/C8H8BrN2O4PS/c9-4-1-5(15-3-16(12,13)14)7-6(2-4)17-8(10)11-7/h1-2H,3H2,(H2,10,11)(H2,12,13,14). The fraction of sp³-hybridized carbons (Fsp3) is 0.125. The molecule has 17 heavy (non-hydrogen) atoms. The lowest BCUT2D eigenvalue weighted by Gasteiger charge is -2.08. The van der Waals surface area contributed by atoms with Crippen molar-refractivity contribution in [2.75, 3.05) is 12.1 Å². The zero-order valence-corrected chi connectivity index (χ0v) is 11.6. The molecule has 2 aromatic rings. The lowest BCUT2D eigenvalue weighted by Crippen LogP contribution is -1.98. The van der Waals surface area contributed by atoms with Crippen LogP contribution in [0.15, 0.2) is 16.6 Å². The molecule has 0 radical (unpaired) electrons. The number of thiazole rings is 1. The SMILES string of the molecule is Nc1nc2c(OCP(=O)(O)O)cc(Br)cc2s1. The molecule has 2 rings (SSSR count). The van der Waals surface area contributed by atoms with E-state index in [4.69, 9.17) is 20.3 Å². The van der Waals surface area contributed by atoms with E-state index in [1.807, 2.05) is 6.07 Å². The van der Waals surface area contributed by atoms with E-state index in [9.17, 15) is 4.57 Å². The number of ether oxygens (including phenoxy) is 1. The predicted octanol–water partition coefficient (Wildman–Crippen LogP) is 2.16. The summed E-state index contributed by atoms with van der Waals surface area (Å²) in [6.07, 6.45) is -0.685. The Morgan fingerprint density at radius 3 is 2.88 bits per heavy atom. The number of hydrogen-bond donors (Lipinski definition) is 3. The van der Waals surface area contributed by atoms with Gasteiger partial charge in [0.25, 0.3) is 0 Å². The minimum Gasteiger partial charge on any atom is -0.479 e. The zero-order chi connectivity index (χ0) is 12.6. The molecule has 0 fully saturated rings. The first-order valence-electron chi connectivity index (χ1n) is 4.38. The third-order valence-corrected chi connectivity index (χ3v) is 3.58. The van der Waals surface area contributed by atoms with Crippen LogP contribution in [0.2, 0.25) is 0 Å². The number of aromatic nitrogens is 1. The quantitative estimate of drug-likeness (QED) is 0.740. The maximum Gasteiger partial charge on any atom is 0.362 e. The first-order chi connectivity index (χ1) is 7.85. The average Bonchev–Trinajstić information content (AvgIpc) is 2.53. The number of nitrogens with zero attached hydrogens (tertiary/aromatic N) is 1. The van der Waals surface area contributed by atoms with Gasteiger partial charge in [0.2, 0.25) is 0 Å². The Labute approximate surface area is 109 Å². The van der Waals surface area contributed by atoms with Crippen LogP contribution in [0, 0.1) is 0 Å². The first kappa shape index (κ1) is 12.8. The number of hydrogen-bond acceptors (Lipinski definition) is 5. The van der Waals surface area contributed by atoms with Crippen LogP contribution in [-0.4, -0.2) is 21.1 Å². The van der Waals surface area contributed by atoms with Crippen molar-refractivity contribution in [1.29, 1.82) is 0 Å². The van der Waals surface area contributed by atoms with Gasteiger partial charge >= 0.3 is 7.60 Å². The van der Waals surface area contributed by atoms with Crippen LogP contribution in [0.1, 0.15) is 0 Å². The molecule has 0 aliphatic rings. The fourth-order valence-electron chi connectivity index (χ4n) is 1.25. The van der Waals surface area contributed by atoms with Gasteiger partial charge in [0.05, 0.1) is 4.70 Å². The van der Waals surface area contributed by atoms with Crippen molar-refractivity contribution in [3.63, 3.8) is 0 Å². The highest BCUT2D eigenvalue weighted by molar-refractivity contribution is 9.10. The van der Waals surface area contributed by atoms with Crippen LogP contribution < -0.4 is 10.5 Å². The van der Waals surface area contributed by atoms with Gasteiger partial charge in [0.1, 0.15) is 11.3 Å². The molecule has 0 saturated heterocycles. The monoisotopic (exact) mass is 338 g/mol. The van der Waals surface area contributed by atoms with Crippen molar-refractivity contribution in [1.82, 2.24) is 4.98 Å². The molecule has 9 heteroatoms. The van der Waals surface area contributed by atoms with Gasteiger partial charge in [-0.3, -0.25) is 4.57 Å². The Balaban J connectivity index is 2.41. The molecule has 1 aromatic carbocycles. The Morgan fingerprint density at radius 2 is 2.24 bits per heavy atom. The molecule has 0 spiro atoms. The number of fused-ring (bicyclic) bond motifs is 1. The first-order valence-corrected chi connectivity index (χ1v) is 7.79. The lowest BCUT2D eigenvalue weighted by molar-refractivity contribution is 0.302. The van der Waals surface area contributed by atoms with Gasteiger partial charge in [-0.25, -0.2) is 4.98 Å². The van der Waals surface area contributed by atoms with E-state index < -0.39 is 13.9 Å². The molecule has 0 atom stereocenters. The van der Waals surface area contributed by atoms with Gasteiger partial charge in [-0.2, -0.15) is 0 Å². The van der Waals surface area contributed by atoms with Crippen LogP contribution in [0.25, 0.3) is 10.2 Å². The summed E-state index contributed by atoms with van der Waals surface area (Å²) >= 11 is 4.55. The van der Waals surface area contributed by atoms with Crippen LogP contribution in [0.5, 0.6) is 5.75 Å². The van der Waals surface area contributed by atoms with Crippen molar-refractivity contribution < 1.29 is 19.1 Å². The summed E-state index contributed by atoms with van der Waals surface area (Å²) in [5.74, 6) is 0.297. The molecular formula is C8H8BrN2O4PS. The Hall–Kier alpha value is -0.660. The Bertz CT molecular complexity index is 611. The molecule has 0 aliphatic heterocycles. The summed E-state index contributed by atoms with van der Waals surface area (Å²) in [6.45, 7) is 0. The number of rotatable bonds is 3. The third kappa shape index (κ3) is 3.17. The zero-order valence-electron chi connectivity index (χ0n) is 8.33. The van der Waals surface area contributed by atoms with Gasteiger partial charge in [0.15, 0.2) is 11.5 Å². The van der Waals surface area contributed by atoms with E-state index >= 15 is 0 Å². The van der Waals surface area contributed by atoms with E-state index in [-0.39, 0.29) is 0 Å². The summed E-state index contributed by atoms with van der Waals surface area (Å²) in [5.41, 5.74) is 6.08. The third-order valence-electron chi connectivity index (χ3n) is 1.83.